The van der Waals surface area contributed by atoms with Gasteiger partial charge in [-0.25, -0.2) is 4.79 Å². The predicted octanol–water partition coefficient (Wildman–Crippen LogP) is 2.34. The fourth-order valence-corrected chi connectivity index (χ4v) is 2.33. The number of carbonyl (C=O) groups excluding carboxylic acids is 2. The first kappa shape index (κ1) is 15.3. The van der Waals surface area contributed by atoms with Crippen molar-refractivity contribution in [3.8, 4) is 0 Å². The quantitative estimate of drug-likeness (QED) is 0.798. The molecule has 114 valence electrons. The zero-order valence-electron chi connectivity index (χ0n) is 12.1. The Bertz CT molecular complexity index is 497. The molecule has 0 bridgehead atoms. The minimum Gasteiger partial charge on any atom is -0.453 e. The molecular weight excluding hydrogens is 270 g/mol. The average molecular weight is 291 g/mol. The van der Waals surface area contributed by atoms with Crippen molar-refractivity contribution in [1.29, 1.82) is 0 Å². The number of benzene rings is 1. The predicted molar refractivity (Wildman–Crippen MR) is 81.4 cm³/mol. The topological polar surface area (TPSA) is 79.5 Å². The van der Waals surface area contributed by atoms with E-state index in [4.69, 9.17) is 0 Å². The fourth-order valence-electron chi connectivity index (χ4n) is 2.33. The summed E-state index contributed by atoms with van der Waals surface area (Å²) in [6.07, 6.45) is 3.65. The summed E-state index contributed by atoms with van der Waals surface area (Å²) in [5, 5.41) is 8.70. The van der Waals surface area contributed by atoms with E-state index in [1.165, 1.54) is 7.11 Å². The number of carbonyl (C=O) groups is 2. The highest BCUT2D eigenvalue weighted by atomic mass is 16.5. The zero-order valence-corrected chi connectivity index (χ0v) is 12.1. The number of nitrogens with one attached hydrogen (secondary N) is 3. The molecule has 1 heterocycles. The van der Waals surface area contributed by atoms with Gasteiger partial charge < -0.3 is 15.4 Å². The Hall–Kier alpha value is -2.08. The highest BCUT2D eigenvalue weighted by Crippen LogP contribution is 2.17. The number of hydrogen-bond acceptors (Lipinski definition) is 4. The van der Waals surface area contributed by atoms with Gasteiger partial charge in [-0.1, -0.05) is 18.9 Å². The molecule has 1 aliphatic heterocycles. The van der Waals surface area contributed by atoms with Crippen LogP contribution in [0.4, 0.5) is 16.2 Å². The van der Waals surface area contributed by atoms with Crippen molar-refractivity contribution in [3.05, 3.63) is 24.3 Å². The van der Waals surface area contributed by atoms with Gasteiger partial charge in [0.15, 0.2) is 0 Å². The number of methoxy groups -OCH3 is 1. The largest absolute Gasteiger partial charge is 0.453 e. The van der Waals surface area contributed by atoms with Crippen molar-refractivity contribution >= 4 is 23.4 Å². The summed E-state index contributed by atoms with van der Waals surface area (Å²) < 4.78 is 4.54. The minimum atomic E-state index is -0.538. The molecule has 0 saturated carbocycles. The van der Waals surface area contributed by atoms with Gasteiger partial charge in [-0.3, -0.25) is 10.1 Å². The van der Waals surface area contributed by atoms with Gasteiger partial charge in [0.05, 0.1) is 13.2 Å². The van der Waals surface area contributed by atoms with E-state index in [-0.39, 0.29) is 11.9 Å². The van der Waals surface area contributed by atoms with Crippen LogP contribution in [0, 0.1) is 0 Å². The molecule has 0 radical (unpaired) electrons. The lowest BCUT2D eigenvalue weighted by molar-refractivity contribution is -0.118. The molecule has 2 amide bonds. The first-order valence-corrected chi connectivity index (χ1v) is 7.18. The Morgan fingerprint density at radius 3 is 2.71 bits per heavy atom. The van der Waals surface area contributed by atoms with Gasteiger partial charge in [0.1, 0.15) is 0 Å². The Morgan fingerprint density at radius 2 is 1.95 bits per heavy atom. The zero-order chi connectivity index (χ0) is 15.1. The van der Waals surface area contributed by atoms with E-state index in [1.807, 2.05) is 0 Å². The molecule has 2 rings (SSSR count). The summed E-state index contributed by atoms with van der Waals surface area (Å²) >= 11 is 0. The molecule has 1 saturated heterocycles. The van der Waals surface area contributed by atoms with Gasteiger partial charge in [0.25, 0.3) is 0 Å². The lowest BCUT2D eigenvalue weighted by Gasteiger charge is -2.16. The Kier molecular flexibility index (Phi) is 5.57. The first-order chi connectivity index (χ1) is 10.2. The second-order valence-corrected chi connectivity index (χ2v) is 5.04. The molecule has 1 aliphatic rings. The van der Waals surface area contributed by atoms with Gasteiger partial charge in [0.2, 0.25) is 5.91 Å². The second-order valence-electron chi connectivity index (χ2n) is 5.04. The first-order valence-electron chi connectivity index (χ1n) is 7.18. The highest BCUT2D eigenvalue weighted by molar-refractivity contribution is 5.95. The number of hydrogen-bond donors (Lipinski definition) is 3. The lowest BCUT2D eigenvalue weighted by Crippen LogP contribution is -2.39. The van der Waals surface area contributed by atoms with Crippen LogP contribution in [0.25, 0.3) is 0 Å². The third-order valence-electron chi connectivity index (χ3n) is 3.44. The Labute approximate surface area is 124 Å². The smallest absolute Gasteiger partial charge is 0.411 e. The molecule has 1 fully saturated rings. The molecule has 3 N–H and O–H groups in total. The van der Waals surface area contributed by atoms with Crippen molar-refractivity contribution < 1.29 is 14.3 Å². The summed E-state index contributed by atoms with van der Waals surface area (Å²) in [5.41, 5.74) is 1.23. The monoisotopic (exact) mass is 291 g/mol. The number of amides is 2. The van der Waals surface area contributed by atoms with Crippen molar-refractivity contribution in [1.82, 2.24) is 5.32 Å². The molecule has 1 aromatic carbocycles. The van der Waals surface area contributed by atoms with Crippen LogP contribution in [0.5, 0.6) is 0 Å². The van der Waals surface area contributed by atoms with E-state index < -0.39 is 6.09 Å². The van der Waals surface area contributed by atoms with E-state index in [0.29, 0.717) is 11.4 Å². The van der Waals surface area contributed by atoms with E-state index >= 15 is 0 Å². The van der Waals surface area contributed by atoms with Crippen LogP contribution >= 0.6 is 0 Å². The third kappa shape index (κ3) is 4.75. The standard InChI is InChI=1S/C15H21N3O3/c1-21-15(20)18-12-7-5-6-11(10-12)17-14(19)13-8-3-2-4-9-16-13/h5-7,10,13,16H,2-4,8-9H2,1H3,(H,17,19)(H,18,20). The van der Waals surface area contributed by atoms with E-state index in [9.17, 15) is 9.59 Å². The van der Waals surface area contributed by atoms with Crippen LogP contribution < -0.4 is 16.0 Å². The van der Waals surface area contributed by atoms with E-state index in [0.717, 1.165) is 32.2 Å². The summed E-state index contributed by atoms with van der Waals surface area (Å²) in [7, 11) is 1.30. The number of rotatable bonds is 3. The molecule has 0 aliphatic carbocycles. The Balaban J connectivity index is 1.96. The Morgan fingerprint density at radius 1 is 1.19 bits per heavy atom. The summed E-state index contributed by atoms with van der Waals surface area (Å²) in [6.45, 7) is 0.877. The van der Waals surface area contributed by atoms with Crippen LogP contribution in [-0.2, 0) is 9.53 Å². The molecule has 6 heteroatoms. The van der Waals surface area contributed by atoms with Gasteiger partial charge in [-0.15, -0.1) is 0 Å². The van der Waals surface area contributed by atoms with E-state index in [2.05, 4.69) is 20.7 Å². The summed E-state index contributed by atoms with van der Waals surface area (Å²) in [4.78, 5) is 23.4. The van der Waals surface area contributed by atoms with Crippen molar-refractivity contribution in [3.63, 3.8) is 0 Å². The second kappa shape index (κ2) is 7.64. The summed E-state index contributed by atoms with van der Waals surface area (Å²) in [5.74, 6) is -0.0351. The summed E-state index contributed by atoms with van der Waals surface area (Å²) in [6, 6.07) is 6.84. The maximum atomic E-state index is 12.2. The number of ether oxygens (including phenoxy) is 1. The van der Waals surface area contributed by atoms with Crippen molar-refractivity contribution in [2.45, 2.75) is 31.7 Å². The maximum absolute atomic E-state index is 12.2. The maximum Gasteiger partial charge on any atom is 0.411 e. The van der Waals surface area contributed by atoms with Gasteiger partial charge in [-0.05, 0) is 37.6 Å². The molecule has 1 atom stereocenters. The molecule has 0 spiro atoms. The normalized spacial score (nSPS) is 18.4. The number of anilines is 2. The van der Waals surface area contributed by atoms with Crippen LogP contribution in [0.3, 0.4) is 0 Å². The van der Waals surface area contributed by atoms with Gasteiger partial charge >= 0.3 is 6.09 Å². The SMILES string of the molecule is COC(=O)Nc1cccc(NC(=O)C2CCCCCN2)c1. The van der Waals surface area contributed by atoms with Crippen LogP contribution in [-0.4, -0.2) is 31.7 Å². The van der Waals surface area contributed by atoms with Crippen LogP contribution in [0.1, 0.15) is 25.7 Å². The van der Waals surface area contributed by atoms with Crippen molar-refractivity contribution in [2.24, 2.45) is 0 Å². The molecule has 1 unspecified atom stereocenters. The van der Waals surface area contributed by atoms with Gasteiger partial charge in [0, 0.05) is 11.4 Å². The lowest BCUT2D eigenvalue weighted by atomic mass is 10.1. The fraction of sp³-hybridized carbons (Fsp3) is 0.467. The minimum absolute atomic E-state index is 0.0351. The van der Waals surface area contributed by atoms with Crippen molar-refractivity contribution in [2.75, 3.05) is 24.3 Å². The van der Waals surface area contributed by atoms with E-state index in [1.54, 1.807) is 24.3 Å². The molecule has 1 aromatic rings. The van der Waals surface area contributed by atoms with Crippen LogP contribution in [0.15, 0.2) is 24.3 Å². The molecule has 6 nitrogen and oxygen atoms in total. The van der Waals surface area contributed by atoms with Gasteiger partial charge in [-0.2, -0.15) is 0 Å². The molecular formula is C15H21N3O3. The molecule has 21 heavy (non-hydrogen) atoms. The average Bonchev–Trinajstić information content (AvgIpc) is 2.76. The molecule has 0 aromatic heterocycles. The third-order valence-corrected chi connectivity index (χ3v) is 3.44. The highest BCUT2D eigenvalue weighted by Gasteiger charge is 2.19. The van der Waals surface area contributed by atoms with Crippen LogP contribution in [0.2, 0.25) is 0 Å².